The van der Waals surface area contributed by atoms with Gasteiger partial charge in [0.05, 0.1) is 0 Å². The summed E-state index contributed by atoms with van der Waals surface area (Å²) in [5, 5.41) is 0. The van der Waals surface area contributed by atoms with Gasteiger partial charge in [-0.2, -0.15) is 0 Å². The molecule has 2 heteroatoms. The normalized spacial score (nSPS) is 14.4. The molecule has 22 heavy (non-hydrogen) atoms. The van der Waals surface area contributed by atoms with Crippen LogP contribution in [0.2, 0.25) is 0 Å². The highest BCUT2D eigenvalue weighted by Gasteiger charge is 2.48. The molecule has 0 fully saturated rings. The van der Waals surface area contributed by atoms with E-state index in [1.54, 1.807) is 0 Å². The van der Waals surface area contributed by atoms with Crippen LogP contribution in [-0.4, -0.2) is 5.78 Å². The topological polar surface area (TPSA) is 43.1 Å². The fraction of sp³-hybridized carbons (Fsp3) is 0.350. The minimum atomic E-state index is -1.04. The number of carbonyl (C=O) groups is 1. The van der Waals surface area contributed by atoms with E-state index in [9.17, 15) is 4.79 Å². The Hall–Kier alpha value is -1.93. The van der Waals surface area contributed by atoms with Gasteiger partial charge < -0.3 is 5.73 Å². The molecule has 0 aliphatic carbocycles. The van der Waals surface area contributed by atoms with Gasteiger partial charge in [0.15, 0.2) is 5.78 Å². The van der Waals surface area contributed by atoms with Crippen molar-refractivity contribution in [2.24, 2.45) is 11.1 Å². The average Bonchev–Trinajstić information content (AvgIpc) is 2.55. The lowest BCUT2D eigenvalue weighted by Gasteiger charge is -2.43. The van der Waals surface area contributed by atoms with Gasteiger partial charge in [-0.3, -0.25) is 4.79 Å². The summed E-state index contributed by atoms with van der Waals surface area (Å²) in [7, 11) is 0. The Kier molecular flexibility index (Phi) is 4.82. The molecule has 0 aliphatic rings. The summed E-state index contributed by atoms with van der Waals surface area (Å²) in [6.07, 6.45) is 1.87. The molecule has 116 valence electrons. The van der Waals surface area contributed by atoms with Crippen LogP contribution in [0.15, 0.2) is 60.7 Å². The van der Waals surface area contributed by atoms with Crippen LogP contribution >= 0.6 is 0 Å². The maximum absolute atomic E-state index is 13.3. The van der Waals surface area contributed by atoms with Crippen molar-refractivity contribution >= 4 is 5.78 Å². The van der Waals surface area contributed by atoms with Crippen molar-refractivity contribution in [2.75, 3.05) is 0 Å². The second-order valence-corrected chi connectivity index (χ2v) is 6.50. The zero-order valence-corrected chi connectivity index (χ0v) is 13.7. The van der Waals surface area contributed by atoms with E-state index < -0.39 is 5.54 Å². The van der Waals surface area contributed by atoms with Crippen molar-refractivity contribution in [3.05, 3.63) is 71.8 Å². The largest absolute Gasteiger partial charge is 0.314 e. The van der Waals surface area contributed by atoms with E-state index in [-0.39, 0.29) is 11.2 Å². The number of rotatable bonds is 6. The van der Waals surface area contributed by atoms with Crippen LogP contribution < -0.4 is 5.73 Å². The molecule has 0 spiro atoms. The number of nitrogens with two attached hydrogens (primary N) is 1. The van der Waals surface area contributed by atoms with Crippen molar-refractivity contribution in [1.29, 1.82) is 0 Å². The number of carbonyl (C=O) groups excluding carboxylic acids is 1. The number of hydrogen-bond donors (Lipinski definition) is 1. The smallest absolute Gasteiger partial charge is 0.187 e. The lowest BCUT2D eigenvalue weighted by atomic mass is 9.63. The summed E-state index contributed by atoms with van der Waals surface area (Å²) in [5.74, 6) is -0.0160. The molecule has 0 amide bonds. The van der Waals surface area contributed by atoms with Crippen LogP contribution in [0.25, 0.3) is 0 Å². The Morgan fingerprint density at radius 1 is 0.955 bits per heavy atom. The van der Waals surface area contributed by atoms with E-state index in [1.165, 1.54) is 0 Å². The SMILES string of the molecule is CCCC(C)(C)C(N)(C(=O)c1ccccc1)c1ccccc1. The van der Waals surface area contributed by atoms with Crippen molar-refractivity contribution in [2.45, 2.75) is 39.2 Å². The number of Topliss-reactive ketones (excluding diaryl/α,β-unsaturated/α-hetero) is 1. The van der Waals surface area contributed by atoms with Crippen molar-refractivity contribution in [3.8, 4) is 0 Å². The molecule has 0 bridgehead atoms. The minimum Gasteiger partial charge on any atom is -0.314 e. The van der Waals surface area contributed by atoms with E-state index in [1.807, 2.05) is 60.7 Å². The van der Waals surface area contributed by atoms with E-state index in [0.717, 1.165) is 18.4 Å². The van der Waals surface area contributed by atoms with Gasteiger partial charge in [0.25, 0.3) is 0 Å². The molecule has 2 aromatic rings. The number of ketones is 1. The van der Waals surface area contributed by atoms with E-state index >= 15 is 0 Å². The quantitative estimate of drug-likeness (QED) is 0.794. The first-order valence-electron chi connectivity index (χ1n) is 7.87. The molecule has 2 N–H and O–H groups in total. The summed E-state index contributed by atoms with van der Waals surface area (Å²) >= 11 is 0. The summed E-state index contributed by atoms with van der Waals surface area (Å²) < 4.78 is 0. The maximum Gasteiger partial charge on any atom is 0.187 e. The second-order valence-electron chi connectivity index (χ2n) is 6.50. The second kappa shape index (κ2) is 6.45. The molecular formula is C20H25NO. The molecule has 0 aliphatic heterocycles. The minimum absolute atomic E-state index is 0.0160. The Morgan fingerprint density at radius 3 is 1.95 bits per heavy atom. The van der Waals surface area contributed by atoms with Crippen LogP contribution in [-0.2, 0) is 5.54 Å². The highest BCUT2D eigenvalue weighted by atomic mass is 16.1. The van der Waals surface area contributed by atoms with Gasteiger partial charge in [-0.05, 0) is 17.4 Å². The molecule has 0 radical (unpaired) electrons. The molecule has 1 atom stereocenters. The van der Waals surface area contributed by atoms with Crippen LogP contribution in [0.5, 0.6) is 0 Å². The van der Waals surface area contributed by atoms with E-state index in [2.05, 4.69) is 20.8 Å². The third-order valence-corrected chi connectivity index (χ3v) is 4.57. The Bertz CT molecular complexity index is 619. The van der Waals surface area contributed by atoms with Gasteiger partial charge in [-0.1, -0.05) is 87.9 Å². The Morgan fingerprint density at radius 2 is 1.45 bits per heavy atom. The third-order valence-electron chi connectivity index (χ3n) is 4.57. The maximum atomic E-state index is 13.3. The first-order chi connectivity index (χ1) is 10.4. The van der Waals surface area contributed by atoms with E-state index in [0.29, 0.717) is 5.56 Å². The first kappa shape index (κ1) is 16.4. The highest BCUT2D eigenvalue weighted by Crippen LogP contribution is 2.43. The van der Waals surface area contributed by atoms with Crippen LogP contribution in [0.3, 0.4) is 0 Å². The summed E-state index contributed by atoms with van der Waals surface area (Å²) in [4.78, 5) is 13.3. The Balaban J connectivity index is 2.58. The fourth-order valence-electron chi connectivity index (χ4n) is 3.17. The predicted octanol–water partition coefficient (Wildman–Crippen LogP) is 4.55. The van der Waals surface area contributed by atoms with E-state index in [4.69, 9.17) is 5.73 Å². The van der Waals surface area contributed by atoms with Gasteiger partial charge in [-0.15, -0.1) is 0 Å². The molecule has 2 rings (SSSR count). The lowest BCUT2D eigenvalue weighted by Crippen LogP contribution is -2.56. The summed E-state index contributed by atoms with van der Waals surface area (Å²) in [6.45, 7) is 6.30. The summed E-state index contributed by atoms with van der Waals surface area (Å²) in [6, 6.07) is 19.1. The molecule has 0 aromatic heterocycles. The van der Waals surface area contributed by atoms with Crippen molar-refractivity contribution in [3.63, 3.8) is 0 Å². The predicted molar refractivity (Wildman–Crippen MR) is 91.8 cm³/mol. The van der Waals surface area contributed by atoms with Crippen LogP contribution in [0.1, 0.15) is 49.5 Å². The highest BCUT2D eigenvalue weighted by molar-refractivity contribution is 6.04. The molecule has 0 saturated heterocycles. The Labute approximate surface area is 133 Å². The average molecular weight is 295 g/mol. The number of hydrogen-bond acceptors (Lipinski definition) is 2. The monoisotopic (exact) mass is 295 g/mol. The molecule has 1 unspecified atom stereocenters. The molecule has 0 heterocycles. The van der Waals surface area contributed by atoms with Crippen LogP contribution in [0, 0.1) is 5.41 Å². The third kappa shape index (κ3) is 2.84. The van der Waals surface area contributed by atoms with Crippen molar-refractivity contribution in [1.82, 2.24) is 0 Å². The van der Waals surface area contributed by atoms with Gasteiger partial charge in [0.2, 0.25) is 0 Å². The number of benzene rings is 2. The summed E-state index contributed by atoms with van der Waals surface area (Å²) in [5.41, 5.74) is 6.98. The first-order valence-corrected chi connectivity index (χ1v) is 7.87. The van der Waals surface area contributed by atoms with Gasteiger partial charge in [0.1, 0.15) is 5.54 Å². The van der Waals surface area contributed by atoms with Crippen LogP contribution in [0.4, 0.5) is 0 Å². The molecule has 0 saturated carbocycles. The molecular weight excluding hydrogens is 270 g/mol. The molecule has 2 aromatic carbocycles. The van der Waals surface area contributed by atoms with Gasteiger partial charge in [-0.25, -0.2) is 0 Å². The lowest BCUT2D eigenvalue weighted by molar-refractivity contribution is 0.0690. The standard InChI is InChI=1S/C20H25NO/c1-4-15-19(2,3)20(21,17-13-9-6-10-14-17)18(22)16-11-7-5-8-12-16/h5-14H,4,15,21H2,1-3H3. The van der Waals surface area contributed by atoms with Gasteiger partial charge in [0, 0.05) is 5.56 Å². The van der Waals surface area contributed by atoms with Gasteiger partial charge >= 0.3 is 0 Å². The zero-order chi connectivity index (χ0) is 16.2. The van der Waals surface area contributed by atoms with Crippen molar-refractivity contribution < 1.29 is 4.79 Å². The zero-order valence-electron chi connectivity index (χ0n) is 13.7. The molecule has 2 nitrogen and oxygen atoms in total. The fourth-order valence-corrected chi connectivity index (χ4v) is 3.17.